The molecule has 0 spiro atoms. The summed E-state index contributed by atoms with van der Waals surface area (Å²) in [7, 11) is 0. The average molecular weight is 275 g/mol. The fourth-order valence-corrected chi connectivity index (χ4v) is 3.12. The van der Waals surface area contributed by atoms with E-state index in [4.69, 9.17) is 4.74 Å². The Morgan fingerprint density at radius 2 is 2.16 bits per heavy atom. The van der Waals surface area contributed by atoms with Gasteiger partial charge in [-0.2, -0.15) is 0 Å². The topological polar surface area (TPSA) is 59.2 Å². The number of thioether (sulfide) groups is 1. The number of aromatic nitrogens is 1. The summed E-state index contributed by atoms with van der Waals surface area (Å²) in [5.41, 5.74) is 0.868. The van der Waals surface area contributed by atoms with Crippen LogP contribution in [0.1, 0.15) is 12.8 Å². The summed E-state index contributed by atoms with van der Waals surface area (Å²) >= 11 is 1.44. The number of fused-ring (bicyclic) bond motifs is 1. The molecule has 2 aromatic rings. The van der Waals surface area contributed by atoms with Crippen molar-refractivity contribution in [2.24, 2.45) is 0 Å². The van der Waals surface area contributed by atoms with E-state index in [0.717, 1.165) is 11.9 Å². The van der Waals surface area contributed by atoms with Crippen molar-refractivity contribution in [3.63, 3.8) is 0 Å². The maximum absolute atomic E-state index is 12.2. The van der Waals surface area contributed by atoms with Crippen molar-refractivity contribution in [2.75, 3.05) is 5.75 Å². The third kappa shape index (κ3) is 2.51. The summed E-state index contributed by atoms with van der Waals surface area (Å²) in [6, 6.07) is 7.44. The Bertz CT molecular complexity index is 680. The van der Waals surface area contributed by atoms with Gasteiger partial charge in [-0.3, -0.25) is 9.59 Å². The van der Waals surface area contributed by atoms with Crippen LogP contribution in [-0.2, 0) is 9.53 Å². The Labute approximate surface area is 114 Å². The van der Waals surface area contributed by atoms with Crippen LogP contribution in [0.5, 0.6) is 0 Å². The van der Waals surface area contributed by atoms with E-state index in [1.54, 1.807) is 6.20 Å². The first-order chi connectivity index (χ1) is 9.24. The third-order valence-electron chi connectivity index (χ3n) is 3.15. The molecule has 4 nitrogen and oxygen atoms in total. The number of hydrogen-bond acceptors (Lipinski definition) is 4. The molecule has 1 aliphatic heterocycles. The van der Waals surface area contributed by atoms with Crippen LogP contribution in [0.25, 0.3) is 10.9 Å². The molecule has 98 valence electrons. The summed E-state index contributed by atoms with van der Waals surface area (Å²) < 4.78 is 5.14. The van der Waals surface area contributed by atoms with E-state index < -0.39 is 0 Å². The van der Waals surface area contributed by atoms with Gasteiger partial charge >= 0.3 is 5.97 Å². The number of hydrogen-bond donors (Lipinski definition) is 1. The first kappa shape index (κ1) is 12.3. The molecule has 0 saturated carbocycles. The van der Waals surface area contributed by atoms with Gasteiger partial charge in [0.25, 0.3) is 0 Å². The number of ether oxygens (including phenoxy) is 1. The van der Waals surface area contributed by atoms with E-state index in [-0.39, 0.29) is 17.5 Å². The lowest BCUT2D eigenvalue weighted by molar-refractivity contribution is -0.140. The maximum Gasteiger partial charge on any atom is 0.306 e. The lowest BCUT2D eigenvalue weighted by Crippen LogP contribution is -2.12. The number of cyclic esters (lactones) is 1. The Morgan fingerprint density at radius 3 is 2.95 bits per heavy atom. The molecule has 3 rings (SSSR count). The van der Waals surface area contributed by atoms with E-state index in [1.807, 2.05) is 24.3 Å². The normalized spacial score (nSPS) is 18.7. The molecule has 1 fully saturated rings. The predicted molar refractivity (Wildman–Crippen MR) is 74.4 cm³/mol. The number of pyridine rings is 1. The second-order valence-electron chi connectivity index (χ2n) is 4.49. The second kappa shape index (κ2) is 5.09. The van der Waals surface area contributed by atoms with E-state index >= 15 is 0 Å². The van der Waals surface area contributed by atoms with Gasteiger partial charge in [0.15, 0.2) is 0 Å². The highest BCUT2D eigenvalue weighted by Gasteiger charge is 2.23. The second-order valence-corrected chi connectivity index (χ2v) is 5.55. The summed E-state index contributed by atoms with van der Waals surface area (Å²) in [4.78, 5) is 27.0. The van der Waals surface area contributed by atoms with Gasteiger partial charge < -0.3 is 9.72 Å². The first-order valence-corrected chi connectivity index (χ1v) is 7.15. The lowest BCUT2D eigenvalue weighted by atomic mass is 10.2. The smallest absolute Gasteiger partial charge is 0.306 e. The van der Waals surface area contributed by atoms with Crippen molar-refractivity contribution < 1.29 is 9.53 Å². The largest absolute Gasteiger partial charge is 0.461 e. The molecule has 1 aromatic carbocycles. The zero-order chi connectivity index (χ0) is 13.2. The number of esters is 1. The molecule has 1 aliphatic rings. The Kier molecular flexibility index (Phi) is 3.29. The highest BCUT2D eigenvalue weighted by atomic mass is 32.2. The highest BCUT2D eigenvalue weighted by Crippen LogP contribution is 2.23. The van der Waals surface area contributed by atoms with Gasteiger partial charge in [-0.25, -0.2) is 0 Å². The molecule has 0 radical (unpaired) electrons. The molecule has 19 heavy (non-hydrogen) atoms. The number of H-pyrrole nitrogens is 1. The number of nitrogens with one attached hydrogen (secondary N) is 1. The van der Waals surface area contributed by atoms with Crippen LogP contribution in [0, 0.1) is 0 Å². The van der Waals surface area contributed by atoms with Crippen LogP contribution >= 0.6 is 11.8 Å². The van der Waals surface area contributed by atoms with Crippen LogP contribution in [-0.4, -0.2) is 22.8 Å². The molecule has 5 heteroatoms. The van der Waals surface area contributed by atoms with Gasteiger partial charge in [0.05, 0.1) is 4.90 Å². The van der Waals surface area contributed by atoms with E-state index in [9.17, 15) is 9.59 Å². The van der Waals surface area contributed by atoms with Crippen molar-refractivity contribution in [2.45, 2.75) is 23.8 Å². The molecule has 1 saturated heterocycles. The first-order valence-electron chi connectivity index (χ1n) is 6.17. The number of carbonyl (C=O) groups is 1. The molecule has 2 heterocycles. The van der Waals surface area contributed by atoms with Crippen LogP contribution < -0.4 is 5.43 Å². The summed E-state index contributed by atoms with van der Waals surface area (Å²) in [5, 5.41) is 0.691. The summed E-state index contributed by atoms with van der Waals surface area (Å²) in [5.74, 6) is 0.491. The molecule has 0 aliphatic carbocycles. The third-order valence-corrected chi connectivity index (χ3v) is 4.30. The van der Waals surface area contributed by atoms with Crippen molar-refractivity contribution >= 4 is 28.6 Å². The molecule has 0 amide bonds. The number of para-hydroxylation sites is 1. The Morgan fingerprint density at radius 1 is 1.32 bits per heavy atom. The zero-order valence-corrected chi connectivity index (χ0v) is 11.0. The van der Waals surface area contributed by atoms with Crippen LogP contribution in [0.2, 0.25) is 0 Å². The Hall–Kier alpha value is -1.75. The van der Waals surface area contributed by atoms with Crippen LogP contribution in [0.15, 0.2) is 40.2 Å². The fourth-order valence-electron chi connectivity index (χ4n) is 2.14. The molecule has 1 aromatic heterocycles. The number of rotatable bonds is 3. The lowest BCUT2D eigenvalue weighted by Gasteiger charge is -2.08. The minimum absolute atomic E-state index is 0.0312. The molecule has 1 N–H and O–H groups in total. The minimum Gasteiger partial charge on any atom is -0.461 e. The molecule has 0 bridgehead atoms. The maximum atomic E-state index is 12.2. The number of carbonyl (C=O) groups excluding carboxylic acids is 1. The van der Waals surface area contributed by atoms with Gasteiger partial charge in [0.2, 0.25) is 5.43 Å². The minimum atomic E-state index is -0.141. The molecule has 1 unspecified atom stereocenters. The van der Waals surface area contributed by atoms with E-state index in [1.165, 1.54) is 11.8 Å². The van der Waals surface area contributed by atoms with Gasteiger partial charge in [0, 0.05) is 29.3 Å². The quantitative estimate of drug-likeness (QED) is 0.690. The van der Waals surface area contributed by atoms with Crippen molar-refractivity contribution in [1.82, 2.24) is 4.98 Å². The van der Waals surface area contributed by atoms with Gasteiger partial charge in [-0.15, -0.1) is 11.8 Å². The van der Waals surface area contributed by atoms with Crippen LogP contribution in [0.4, 0.5) is 0 Å². The van der Waals surface area contributed by atoms with Gasteiger partial charge in [-0.1, -0.05) is 12.1 Å². The monoisotopic (exact) mass is 275 g/mol. The van der Waals surface area contributed by atoms with Crippen molar-refractivity contribution in [3.8, 4) is 0 Å². The van der Waals surface area contributed by atoms with Crippen molar-refractivity contribution in [3.05, 3.63) is 40.7 Å². The van der Waals surface area contributed by atoms with Crippen molar-refractivity contribution in [1.29, 1.82) is 0 Å². The number of benzene rings is 1. The van der Waals surface area contributed by atoms with Crippen LogP contribution in [0.3, 0.4) is 0 Å². The number of aromatic amines is 1. The fraction of sp³-hybridized carbons (Fsp3) is 0.286. The Balaban J connectivity index is 1.80. The molecular weight excluding hydrogens is 262 g/mol. The highest BCUT2D eigenvalue weighted by molar-refractivity contribution is 7.99. The van der Waals surface area contributed by atoms with E-state index in [2.05, 4.69) is 4.98 Å². The average Bonchev–Trinajstić information content (AvgIpc) is 2.84. The SMILES string of the molecule is O=C1CCC(CSc2c[nH]c3ccccc3c2=O)O1. The van der Waals surface area contributed by atoms with E-state index in [0.29, 0.717) is 22.5 Å². The zero-order valence-electron chi connectivity index (χ0n) is 10.2. The van der Waals surface area contributed by atoms with Gasteiger partial charge in [-0.05, 0) is 18.6 Å². The standard InChI is InChI=1S/C14H13NO3S/c16-13-6-5-9(18-13)8-19-12-7-15-11-4-2-1-3-10(11)14(12)17/h1-4,7,9H,5-6,8H2,(H,15,17). The summed E-state index contributed by atoms with van der Waals surface area (Å²) in [6.07, 6.45) is 2.89. The molecular formula is C14H13NO3S. The predicted octanol–water partition coefficient (Wildman–Crippen LogP) is 2.33. The summed E-state index contributed by atoms with van der Waals surface area (Å²) in [6.45, 7) is 0. The molecule has 1 atom stereocenters. The van der Waals surface area contributed by atoms with Gasteiger partial charge in [0.1, 0.15) is 6.10 Å².